The molecule has 1 aromatic heterocycles. The second-order valence-electron chi connectivity index (χ2n) is 4.65. The molecule has 2 heteroatoms. The molecule has 0 saturated heterocycles. The summed E-state index contributed by atoms with van der Waals surface area (Å²) in [5, 5.41) is 3.53. The van der Waals surface area contributed by atoms with E-state index in [9.17, 15) is 0 Å². The first-order chi connectivity index (χ1) is 7.34. The lowest BCUT2D eigenvalue weighted by Crippen LogP contribution is -2.20. The summed E-state index contributed by atoms with van der Waals surface area (Å²) in [4.78, 5) is 4.19. The summed E-state index contributed by atoms with van der Waals surface area (Å²) in [7, 11) is 0. The third-order valence-electron chi connectivity index (χ3n) is 3.17. The van der Waals surface area contributed by atoms with Crippen molar-refractivity contribution in [1.82, 2.24) is 10.3 Å². The molecule has 0 atom stereocenters. The molecule has 2 rings (SSSR count). The Balaban J connectivity index is 1.73. The van der Waals surface area contributed by atoms with Gasteiger partial charge in [-0.15, -0.1) is 0 Å². The average Bonchev–Trinajstić information content (AvgIpc) is 2.71. The standard InChI is InChI=1S/C13H20N2/c1-11-6-13(9-14-7-11)10-15-8-12-4-2-3-5-12/h6-7,9,12,15H,2-5,8,10H2,1H3. The molecule has 0 amide bonds. The number of aromatic nitrogens is 1. The Morgan fingerprint density at radius 2 is 2.13 bits per heavy atom. The molecule has 1 aromatic rings. The van der Waals surface area contributed by atoms with E-state index in [-0.39, 0.29) is 0 Å². The van der Waals surface area contributed by atoms with Gasteiger partial charge in [-0.1, -0.05) is 18.9 Å². The summed E-state index contributed by atoms with van der Waals surface area (Å²) in [5.41, 5.74) is 2.54. The molecule has 0 bridgehead atoms. The van der Waals surface area contributed by atoms with Gasteiger partial charge in [-0.2, -0.15) is 0 Å². The van der Waals surface area contributed by atoms with Crippen LogP contribution in [-0.2, 0) is 6.54 Å². The van der Waals surface area contributed by atoms with E-state index in [1.807, 2.05) is 12.4 Å². The van der Waals surface area contributed by atoms with Crippen LogP contribution in [0.25, 0.3) is 0 Å². The molecule has 2 nitrogen and oxygen atoms in total. The van der Waals surface area contributed by atoms with Gasteiger partial charge < -0.3 is 5.32 Å². The van der Waals surface area contributed by atoms with Gasteiger partial charge in [-0.3, -0.25) is 4.98 Å². The predicted octanol–water partition coefficient (Wildman–Crippen LogP) is 2.67. The molecule has 1 saturated carbocycles. The maximum absolute atomic E-state index is 4.19. The van der Waals surface area contributed by atoms with E-state index in [4.69, 9.17) is 0 Å². The summed E-state index contributed by atoms with van der Waals surface area (Å²) in [6, 6.07) is 2.20. The third-order valence-corrected chi connectivity index (χ3v) is 3.17. The highest BCUT2D eigenvalue weighted by atomic mass is 14.9. The van der Waals surface area contributed by atoms with Crippen molar-refractivity contribution in [1.29, 1.82) is 0 Å². The van der Waals surface area contributed by atoms with Crippen LogP contribution >= 0.6 is 0 Å². The highest BCUT2D eigenvalue weighted by molar-refractivity contribution is 5.16. The van der Waals surface area contributed by atoms with Crippen molar-refractivity contribution in [2.75, 3.05) is 6.54 Å². The predicted molar refractivity (Wildman–Crippen MR) is 62.6 cm³/mol. The lowest BCUT2D eigenvalue weighted by Gasteiger charge is -2.10. The molecule has 0 aliphatic heterocycles. The largest absolute Gasteiger partial charge is 0.312 e. The Kier molecular flexibility index (Phi) is 3.73. The van der Waals surface area contributed by atoms with Gasteiger partial charge in [0.25, 0.3) is 0 Å². The summed E-state index contributed by atoms with van der Waals surface area (Å²) in [5.74, 6) is 0.919. The van der Waals surface area contributed by atoms with Crippen LogP contribution in [0.15, 0.2) is 18.5 Å². The van der Waals surface area contributed by atoms with Gasteiger partial charge in [0.2, 0.25) is 0 Å². The maximum Gasteiger partial charge on any atom is 0.0313 e. The van der Waals surface area contributed by atoms with Gasteiger partial charge in [0.1, 0.15) is 0 Å². The van der Waals surface area contributed by atoms with E-state index in [0.29, 0.717) is 0 Å². The number of aryl methyl sites for hydroxylation is 1. The first-order valence-corrected chi connectivity index (χ1v) is 5.96. The van der Waals surface area contributed by atoms with Gasteiger partial charge in [0.05, 0.1) is 0 Å². The van der Waals surface area contributed by atoms with Crippen molar-refractivity contribution in [3.8, 4) is 0 Å². The normalized spacial score (nSPS) is 17.1. The average molecular weight is 204 g/mol. The first kappa shape index (κ1) is 10.6. The van der Waals surface area contributed by atoms with E-state index in [1.54, 1.807) is 0 Å². The summed E-state index contributed by atoms with van der Waals surface area (Å²) in [6.07, 6.45) is 9.55. The number of nitrogens with one attached hydrogen (secondary N) is 1. The van der Waals surface area contributed by atoms with Crippen molar-refractivity contribution in [2.45, 2.75) is 39.2 Å². The van der Waals surface area contributed by atoms with Crippen LogP contribution in [0.3, 0.4) is 0 Å². The highest BCUT2D eigenvalue weighted by Gasteiger charge is 2.13. The molecular weight excluding hydrogens is 184 g/mol. The van der Waals surface area contributed by atoms with Gasteiger partial charge in [-0.05, 0) is 43.4 Å². The lowest BCUT2D eigenvalue weighted by atomic mass is 10.1. The number of rotatable bonds is 4. The Labute approximate surface area is 92.1 Å². The monoisotopic (exact) mass is 204 g/mol. The molecule has 1 aliphatic rings. The SMILES string of the molecule is Cc1cncc(CNCC2CCCC2)c1. The number of pyridine rings is 1. The Hall–Kier alpha value is -0.890. The van der Waals surface area contributed by atoms with E-state index in [2.05, 4.69) is 23.3 Å². The molecule has 0 radical (unpaired) electrons. The van der Waals surface area contributed by atoms with Crippen LogP contribution < -0.4 is 5.32 Å². The van der Waals surface area contributed by atoms with Crippen LogP contribution in [0.2, 0.25) is 0 Å². The Morgan fingerprint density at radius 1 is 1.33 bits per heavy atom. The quantitative estimate of drug-likeness (QED) is 0.815. The Morgan fingerprint density at radius 3 is 2.87 bits per heavy atom. The number of hydrogen-bond donors (Lipinski definition) is 1. The third kappa shape index (κ3) is 3.31. The molecule has 1 fully saturated rings. The molecule has 1 heterocycles. The van der Waals surface area contributed by atoms with E-state index < -0.39 is 0 Å². The molecule has 15 heavy (non-hydrogen) atoms. The second-order valence-corrected chi connectivity index (χ2v) is 4.65. The zero-order valence-electron chi connectivity index (χ0n) is 9.50. The smallest absolute Gasteiger partial charge is 0.0313 e. The molecular formula is C13H20N2. The minimum Gasteiger partial charge on any atom is -0.312 e. The van der Waals surface area contributed by atoms with Gasteiger partial charge in [-0.25, -0.2) is 0 Å². The van der Waals surface area contributed by atoms with Crippen molar-refractivity contribution in [2.24, 2.45) is 5.92 Å². The zero-order valence-corrected chi connectivity index (χ0v) is 9.50. The number of hydrogen-bond acceptors (Lipinski definition) is 2. The second kappa shape index (κ2) is 5.26. The molecule has 0 unspecified atom stereocenters. The Bertz CT molecular complexity index is 303. The highest BCUT2D eigenvalue weighted by Crippen LogP contribution is 2.23. The molecule has 1 aliphatic carbocycles. The molecule has 0 aromatic carbocycles. The van der Waals surface area contributed by atoms with Crippen molar-refractivity contribution in [3.63, 3.8) is 0 Å². The fourth-order valence-electron chi connectivity index (χ4n) is 2.35. The first-order valence-electron chi connectivity index (χ1n) is 5.96. The summed E-state index contributed by atoms with van der Waals surface area (Å²) < 4.78 is 0. The van der Waals surface area contributed by atoms with Crippen molar-refractivity contribution >= 4 is 0 Å². The van der Waals surface area contributed by atoms with Crippen molar-refractivity contribution < 1.29 is 0 Å². The van der Waals surface area contributed by atoms with Crippen LogP contribution in [0, 0.1) is 12.8 Å². The fourth-order valence-corrected chi connectivity index (χ4v) is 2.35. The van der Waals surface area contributed by atoms with Crippen LogP contribution in [0.1, 0.15) is 36.8 Å². The maximum atomic E-state index is 4.19. The zero-order chi connectivity index (χ0) is 10.5. The van der Waals surface area contributed by atoms with E-state index in [1.165, 1.54) is 43.4 Å². The number of nitrogens with zero attached hydrogens (tertiary/aromatic N) is 1. The topological polar surface area (TPSA) is 24.9 Å². The minimum atomic E-state index is 0.919. The van der Waals surface area contributed by atoms with Crippen LogP contribution in [0.4, 0.5) is 0 Å². The summed E-state index contributed by atoms with van der Waals surface area (Å²) >= 11 is 0. The van der Waals surface area contributed by atoms with Gasteiger partial charge >= 0.3 is 0 Å². The minimum absolute atomic E-state index is 0.919. The van der Waals surface area contributed by atoms with Gasteiger partial charge in [0.15, 0.2) is 0 Å². The molecule has 0 spiro atoms. The van der Waals surface area contributed by atoms with Crippen LogP contribution in [0.5, 0.6) is 0 Å². The van der Waals surface area contributed by atoms with Crippen LogP contribution in [-0.4, -0.2) is 11.5 Å². The van der Waals surface area contributed by atoms with E-state index >= 15 is 0 Å². The molecule has 1 N–H and O–H groups in total. The lowest BCUT2D eigenvalue weighted by molar-refractivity contribution is 0.489. The van der Waals surface area contributed by atoms with E-state index in [0.717, 1.165) is 12.5 Å². The van der Waals surface area contributed by atoms with Crippen molar-refractivity contribution in [3.05, 3.63) is 29.6 Å². The summed E-state index contributed by atoms with van der Waals surface area (Å²) in [6.45, 7) is 4.23. The molecule has 82 valence electrons. The fraction of sp³-hybridized carbons (Fsp3) is 0.615. The van der Waals surface area contributed by atoms with Gasteiger partial charge in [0, 0.05) is 18.9 Å².